The number of amides is 1. The van der Waals surface area contributed by atoms with Crippen molar-refractivity contribution in [3.63, 3.8) is 0 Å². The standard InChI is InChI=1S/C16H21BrN6O/c1-3-4-9-23(2)15-13(18)14(19-10-20-15)21-22-16(24)11-5-7-12(17)8-6-11/h5-8,10H,3-4,9,18H2,1-2H3,(H,22,24)(H,19,20,21). The molecule has 0 unspecified atom stereocenters. The third-order valence-electron chi connectivity index (χ3n) is 3.47. The van der Waals surface area contributed by atoms with Crippen molar-refractivity contribution < 1.29 is 4.79 Å². The van der Waals surface area contributed by atoms with Crippen molar-refractivity contribution in [3.8, 4) is 0 Å². The molecule has 1 amide bonds. The SMILES string of the molecule is CCCCN(C)c1ncnc(NNC(=O)c2ccc(Br)cc2)c1N. The highest BCUT2D eigenvalue weighted by Crippen LogP contribution is 2.24. The molecule has 24 heavy (non-hydrogen) atoms. The van der Waals surface area contributed by atoms with Crippen LogP contribution in [0.25, 0.3) is 0 Å². The maximum Gasteiger partial charge on any atom is 0.269 e. The van der Waals surface area contributed by atoms with Gasteiger partial charge in [-0.15, -0.1) is 0 Å². The van der Waals surface area contributed by atoms with Crippen LogP contribution in [-0.4, -0.2) is 29.5 Å². The summed E-state index contributed by atoms with van der Waals surface area (Å²) >= 11 is 3.33. The van der Waals surface area contributed by atoms with Crippen LogP contribution in [0, 0.1) is 0 Å². The minimum Gasteiger partial charge on any atom is -0.393 e. The Labute approximate surface area is 149 Å². The van der Waals surface area contributed by atoms with E-state index in [1.165, 1.54) is 6.33 Å². The Morgan fingerprint density at radius 3 is 2.67 bits per heavy atom. The third kappa shape index (κ3) is 4.58. The van der Waals surface area contributed by atoms with Gasteiger partial charge in [-0.1, -0.05) is 29.3 Å². The van der Waals surface area contributed by atoms with Crippen LogP contribution in [0.4, 0.5) is 17.3 Å². The molecule has 0 aliphatic heterocycles. The lowest BCUT2D eigenvalue weighted by molar-refractivity contribution is 0.0962. The fourth-order valence-corrected chi connectivity index (χ4v) is 2.34. The van der Waals surface area contributed by atoms with Gasteiger partial charge in [0.2, 0.25) is 0 Å². The number of aromatic nitrogens is 2. The molecule has 8 heteroatoms. The molecule has 1 aromatic carbocycles. The van der Waals surface area contributed by atoms with Crippen LogP contribution in [0.1, 0.15) is 30.1 Å². The second-order valence-electron chi connectivity index (χ2n) is 5.32. The van der Waals surface area contributed by atoms with Gasteiger partial charge in [-0.25, -0.2) is 9.97 Å². The average Bonchev–Trinajstić information content (AvgIpc) is 2.59. The summed E-state index contributed by atoms with van der Waals surface area (Å²) in [4.78, 5) is 22.4. The number of benzene rings is 1. The normalized spacial score (nSPS) is 10.3. The maximum absolute atomic E-state index is 12.1. The van der Waals surface area contributed by atoms with Gasteiger partial charge in [0.1, 0.15) is 12.0 Å². The fourth-order valence-electron chi connectivity index (χ4n) is 2.08. The number of hydrogen-bond acceptors (Lipinski definition) is 6. The third-order valence-corrected chi connectivity index (χ3v) is 4.00. The van der Waals surface area contributed by atoms with Crippen LogP contribution in [0.3, 0.4) is 0 Å². The zero-order valence-electron chi connectivity index (χ0n) is 13.7. The van der Waals surface area contributed by atoms with Gasteiger partial charge in [-0.2, -0.15) is 0 Å². The first-order valence-corrected chi connectivity index (χ1v) is 8.45. The van der Waals surface area contributed by atoms with E-state index in [4.69, 9.17) is 5.73 Å². The van der Waals surface area contributed by atoms with Gasteiger partial charge in [0.05, 0.1) is 0 Å². The number of hydrazine groups is 1. The first-order valence-electron chi connectivity index (χ1n) is 7.66. The quantitative estimate of drug-likeness (QED) is 0.626. The molecule has 0 radical (unpaired) electrons. The Morgan fingerprint density at radius 1 is 1.29 bits per heavy atom. The van der Waals surface area contributed by atoms with E-state index in [0.717, 1.165) is 23.9 Å². The van der Waals surface area contributed by atoms with Gasteiger partial charge in [-0.05, 0) is 30.7 Å². The minimum absolute atomic E-state index is 0.276. The van der Waals surface area contributed by atoms with Crippen molar-refractivity contribution in [2.75, 3.05) is 29.7 Å². The average molecular weight is 393 g/mol. The lowest BCUT2D eigenvalue weighted by atomic mass is 10.2. The van der Waals surface area contributed by atoms with Gasteiger partial charge in [-0.3, -0.25) is 15.6 Å². The Hall–Kier alpha value is -2.35. The number of halogens is 1. The number of hydrogen-bond donors (Lipinski definition) is 3. The van der Waals surface area contributed by atoms with Crippen molar-refractivity contribution in [2.24, 2.45) is 0 Å². The molecule has 4 N–H and O–H groups in total. The number of nitrogens with zero attached hydrogens (tertiary/aromatic N) is 3. The van der Waals surface area contributed by atoms with Crippen molar-refractivity contribution in [1.29, 1.82) is 0 Å². The molecule has 0 aliphatic rings. The lowest BCUT2D eigenvalue weighted by Crippen LogP contribution is -2.31. The van der Waals surface area contributed by atoms with E-state index in [0.29, 0.717) is 22.9 Å². The van der Waals surface area contributed by atoms with E-state index in [2.05, 4.69) is 43.7 Å². The van der Waals surface area contributed by atoms with E-state index >= 15 is 0 Å². The topological polar surface area (TPSA) is 96.2 Å². The van der Waals surface area contributed by atoms with Crippen LogP contribution in [0.15, 0.2) is 35.1 Å². The molecular weight excluding hydrogens is 372 g/mol. The molecule has 2 aromatic rings. The molecular formula is C16H21BrN6O. The van der Waals surface area contributed by atoms with Crippen LogP contribution < -0.4 is 21.5 Å². The second-order valence-corrected chi connectivity index (χ2v) is 6.24. The van der Waals surface area contributed by atoms with Gasteiger partial charge < -0.3 is 10.6 Å². The summed E-state index contributed by atoms with van der Waals surface area (Å²) in [5, 5.41) is 0. The summed E-state index contributed by atoms with van der Waals surface area (Å²) in [7, 11) is 1.93. The number of carbonyl (C=O) groups is 1. The van der Waals surface area contributed by atoms with Gasteiger partial charge >= 0.3 is 0 Å². The highest BCUT2D eigenvalue weighted by atomic mass is 79.9. The summed E-state index contributed by atoms with van der Waals surface area (Å²) < 4.78 is 0.909. The van der Waals surface area contributed by atoms with Crippen molar-refractivity contribution >= 4 is 39.2 Å². The first-order chi connectivity index (χ1) is 11.5. The van der Waals surface area contributed by atoms with Crippen LogP contribution in [-0.2, 0) is 0 Å². The largest absolute Gasteiger partial charge is 0.393 e. The number of nitrogens with two attached hydrogens (primary N) is 1. The molecule has 0 aliphatic carbocycles. The molecule has 0 saturated heterocycles. The number of nitrogens with one attached hydrogen (secondary N) is 2. The number of rotatable bonds is 7. The van der Waals surface area contributed by atoms with Crippen LogP contribution in [0.2, 0.25) is 0 Å². The van der Waals surface area contributed by atoms with Crippen molar-refractivity contribution in [3.05, 3.63) is 40.6 Å². The molecule has 0 spiro atoms. The molecule has 1 aromatic heterocycles. The smallest absolute Gasteiger partial charge is 0.269 e. The number of unbranched alkanes of at least 4 members (excludes halogenated alkanes) is 1. The Morgan fingerprint density at radius 2 is 2.00 bits per heavy atom. The van der Waals surface area contributed by atoms with Gasteiger partial charge in [0.25, 0.3) is 5.91 Å². The summed E-state index contributed by atoms with van der Waals surface area (Å²) in [6.45, 7) is 2.98. The van der Waals surface area contributed by atoms with E-state index in [-0.39, 0.29) is 5.91 Å². The predicted molar refractivity (Wildman–Crippen MR) is 99.9 cm³/mol. The number of nitrogen functional groups attached to an aromatic ring is 1. The van der Waals surface area contributed by atoms with Gasteiger partial charge in [0, 0.05) is 23.6 Å². The van der Waals surface area contributed by atoms with E-state index < -0.39 is 0 Å². The zero-order chi connectivity index (χ0) is 17.5. The fraction of sp³-hybridized carbons (Fsp3) is 0.312. The maximum atomic E-state index is 12.1. The van der Waals surface area contributed by atoms with Crippen LogP contribution >= 0.6 is 15.9 Å². The summed E-state index contributed by atoms with van der Waals surface area (Å²) in [5.41, 5.74) is 12.4. The van der Waals surface area contributed by atoms with Crippen molar-refractivity contribution in [1.82, 2.24) is 15.4 Å². The monoisotopic (exact) mass is 392 g/mol. The minimum atomic E-state index is -0.276. The number of carbonyl (C=O) groups excluding carboxylic acids is 1. The van der Waals surface area contributed by atoms with E-state index in [1.807, 2.05) is 11.9 Å². The Bertz CT molecular complexity index is 691. The molecule has 2 rings (SSSR count). The zero-order valence-corrected chi connectivity index (χ0v) is 15.3. The van der Waals surface area contributed by atoms with Crippen LogP contribution in [0.5, 0.6) is 0 Å². The molecule has 0 bridgehead atoms. The second kappa shape index (κ2) is 8.49. The molecule has 1 heterocycles. The van der Waals surface area contributed by atoms with E-state index in [9.17, 15) is 4.79 Å². The Kier molecular flexibility index (Phi) is 6.36. The molecule has 128 valence electrons. The summed E-state index contributed by atoms with van der Waals surface area (Å²) in [5.74, 6) is 0.731. The highest BCUT2D eigenvalue weighted by molar-refractivity contribution is 9.10. The first kappa shape index (κ1) is 18.0. The molecule has 0 fully saturated rings. The molecule has 7 nitrogen and oxygen atoms in total. The predicted octanol–water partition coefficient (Wildman–Crippen LogP) is 2.81. The number of anilines is 3. The summed E-state index contributed by atoms with van der Waals surface area (Å²) in [6.07, 6.45) is 3.55. The van der Waals surface area contributed by atoms with E-state index in [1.54, 1.807) is 24.3 Å². The lowest BCUT2D eigenvalue weighted by Gasteiger charge is -2.20. The Balaban J connectivity index is 2.04. The summed E-state index contributed by atoms with van der Waals surface area (Å²) in [6, 6.07) is 7.03. The highest BCUT2D eigenvalue weighted by Gasteiger charge is 2.13. The molecule has 0 saturated carbocycles. The van der Waals surface area contributed by atoms with Gasteiger partial charge in [0.15, 0.2) is 11.6 Å². The van der Waals surface area contributed by atoms with Crippen molar-refractivity contribution in [2.45, 2.75) is 19.8 Å². The molecule has 0 atom stereocenters.